The monoisotopic (exact) mass is 815 g/mol. The van der Waals surface area contributed by atoms with Crippen LogP contribution in [0.4, 0.5) is 28.4 Å². The predicted molar refractivity (Wildman–Crippen MR) is 223 cm³/mol. The van der Waals surface area contributed by atoms with Gasteiger partial charge in [-0.25, -0.2) is 22.8 Å². The molecule has 0 aromatic heterocycles. The molecule has 3 aliphatic rings. The summed E-state index contributed by atoms with van der Waals surface area (Å²) in [4.78, 5) is 45.1. The summed E-state index contributed by atoms with van der Waals surface area (Å²) in [5, 5.41) is 2.90. The summed E-state index contributed by atoms with van der Waals surface area (Å²) in [7, 11) is 0. The van der Waals surface area contributed by atoms with Gasteiger partial charge in [0.25, 0.3) is 0 Å². The van der Waals surface area contributed by atoms with Gasteiger partial charge in [-0.05, 0) is 116 Å². The standard InChI is InChI=1S/C49H48F3N3O5/c1-48(2,3)60-46(57)54-28-35(55(49(30-54)25-26-49)47(58)59-29-42-38-11-6-4-9-36(38)37-10-5-7-12-39(37)42)23-24-40-43(52)13-8-14-44(40)53-45(56)27-41(31-15-19-33(50)20-16-31)32-17-21-34(51)22-18-32/h4-22,35,41-42H,23-30H2,1-3H3,(H,53,56)/t35-/m0/s1. The van der Waals surface area contributed by atoms with E-state index in [2.05, 4.69) is 29.6 Å². The maximum atomic E-state index is 15.9. The summed E-state index contributed by atoms with van der Waals surface area (Å²) < 4.78 is 55.6. The number of carbonyl (C=O) groups excluding carboxylic acids is 3. The molecule has 3 amide bonds. The quantitative estimate of drug-likeness (QED) is 0.152. The number of nitrogens with zero attached hydrogens (tertiary/aromatic N) is 2. The number of carbonyl (C=O) groups is 3. The molecule has 0 radical (unpaired) electrons. The lowest BCUT2D eigenvalue weighted by Crippen LogP contribution is -2.63. The summed E-state index contributed by atoms with van der Waals surface area (Å²) in [6.07, 6.45) is 0.646. The highest BCUT2D eigenvalue weighted by atomic mass is 19.1. The average molecular weight is 816 g/mol. The van der Waals surface area contributed by atoms with Crippen LogP contribution in [0.25, 0.3) is 11.1 Å². The van der Waals surface area contributed by atoms with Gasteiger partial charge in [0.2, 0.25) is 5.91 Å². The average Bonchev–Trinajstić information content (AvgIpc) is 3.90. The minimum atomic E-state index is -0.736. The molecule has 1 spiro atoms. The molecule has 2 aliphatic carbocycles. The molecule has 60 heavy (non-hydrogen) atoms. The summed E-state index contributed by atoms with van der Waals surface area (Å²) in [6, 6.07) is 31.7. The van der Waals surface area contributed by atoms with E-state index >= 15 is 4.39 Å². The van der Waals surface area contributed by atoms with Crippen molar-refractivity contribution in [1.82, 2.24) is 9.80 Å². The fourth-order valence-electron chi connectivity index (χ4n) is 8.90. The number of hydrogen-bond acceptors (Lipinski definition) is 5. The summed E-state index contributed by atoms with van der Waals surface area (Å²) in [6.45, 7) is 5.97. The van der Waals surface area contributed by atoms with Crippen molar-refractivity contribution in [3.63, 3.8) is 0 Å². The van der Waals surface area contributed by atoms with Gasteiger partial charge in [-0.3, -0.25) is 9.69 Å². The van der Waals surface area contributed by atoms with Crippen LogP contribution in [0.15, 0.2) is 115 Å². The molecular weight excluding hydrogens is 768 g/mol. The Kier molecular flexibility index (Phi) is 11.2. The van der Waals surface area contributed by atoms with Crippen molar-refractivity contribution >= 4 is 23.8 Å². The minimum Gasteiger partial charge on any atom is -0.448 e. The molecule has 0 bridgehead atoms. The lowest BCUT2D eigenvalue weighted by atomic mass is 9.88. The van der Waals surface area contributed by atoms with Crippen LogP contribution < -0.4 is 5.32 Å². The number of hydrogen-bond donors (Lipinski definition) is 1. The van der Waals surface area contributed by atoms with E-state index in [0.717, 1.165) is 22.3 Å². The van der Waals surface area contributed by atoms with E-state index in [1.807, 2.05) is 24.3 Å². The number of piperazine rings is 1. The van der Waals surface area contributed by atoms with Crippen molar-refractivity contribution < 1.29 is 37.0 Å². The second-order valence-electron chi connectivity index (χ2n) is 17.1. The van der Waals surface area contributed by atoms with Crippen LogP contribution in [0.1, 0.15) is 86.1 Å². The molecule has 1 atom stereocenters. The van der Waals surface area contributed by atoms with Crippen LogP contribution in [-0.4, -0.2) is 64.8 Å². The van der Waals surface area contributed by atoms with E-state index in [-0.39, 0.29) is 56.1 Å². The SMILES string of the molecule is CC(C)(C)OC(=O)N1C[C@H](CCc2c(F)cccc2NC(=O)CC(c2ccc(F)cc2)c2ccc(F)cc2)N(C(=O)OCC2c3ccccc3-c3ccccc32)C2(CC2)C1. The van der Waals surface area contributed by atoms with Crippen molar-refractivity contribution in [2.45, 2.75) is 81.9 Å². The van der Waals surface area contributed by atoms with E-state index in [9.17, 15) is 23.2 Å². The molecule has 8 rings (SSSR count). The first-order chi connectivity index (χ1) is 28.8. The van der Waals surface area contributed by atoms with Gasteiger partial charge in [0.05, 0.1) is 11.6 Å². The number of rotatable bonds is 10. The van der Waals surface area contributed by atoms with E-state index in [4.69, 9.17) is 9.47 Å². The number of ether oxygens (including phenoxy) is 2. The van der Waals surface area contributed by atoms with Crippen molar-refractivity contribution in [1.29, 1.82) is 0 Å². The fraction of sp³-hybridized carbons (Fsp3) is 0.327. The van der Waals surface area contributed by atoms with E-state index in [1.54, 1.807) is 60.9 Å². The number of anilines is 1. The van der Waals surface area contributed by atoms with Gasteiger partial charge in [0, 0.05) is 42.6 Å². The van der Waals surface area contributed by atoms with Gasteiger partial charge in [0.1, 0.15) is 29.7 Å². The Balaban J connectivity index is 1.03. The number of fused-ring (bicyclic) bond motifs is 3. The Bertz CT molecular complexity index is 2300. The smallest absolute Gasteiger partial charge is 0.410 e. The second-order valence-corrected chi connectivity index (χ2v) is 17.1. The summed E-state index contributed by atoms with van der Waals surface area (Å²) in [5.74, 6) is -2.50. The molecule has 1 N–H and O–H groups in total. The molecule has 310 valence electrons. The molecule has 0 unspecified atom stereocenters. The van der Waals surface area contributed by atoms with Gasteiger partial charge >= 0.3 is 12.2 Å². The zero-order valence-electron chi connectivity index (χ0n) is 33.9. The Morgan fingerprint density at radius 2 is 1.35 bits per heavy atom. The third-order valence-corrected chi connectivity index (χ3v) is 11.9. The van der Waals surface area contributed by atoms with Crippen molar-refractivity contribution in [3.05, 3.63) is 161 Å². The Labute approximate surface area is 348 Å². The van der Waals surface area contributed by atoms with E-state index in [0.29, 0.717) is 24.0 Å². The van der Waals surface area contributed by atoms with Gasteiger partial charge in [0.15, 0.2) is 0 Å². The van der Waals surface area contributed by atoms with Crippen LogP contribution in [0.5, 0.6) is 0 Å². The summed E-state index contributed by atoms with van der Waals surface area (Å²) in [5.41, 5.74) is 4.85. The van der Waals surface area contributed by atoms with Crippen LogP contribution in [0, 0.1) is 17.5 Å². The first-order valence-electron chi connectivity index (χ1n) is 20.5. The molecule has 1 heterocycles. The van der Waals surface area contributed by atoms with Gasteiger partial charge in [-0.2, -0.15) is 0 Å². The number of nitrogens with one attached hydrogen (secondary N) is 1. The van der Waals surface area contributed by atoms with Crippen LogP contribution in [0.2, 0.25) is 0 Å². The number of halogens is 3. The minimum absolute atomic E-state index is 0.0846. The Morgan fingerprint density at radius 1 is 0.767 bits per heavy atom. The maximum Gasteiger partial charge on any atom is 0.410 e. The summed E-state index contributed by atoms with van der Waals surface area (Å²) >= 11 is 0. The van der Waals surface area contributed by atoms with Crippen molar-refractivity contribution in [3.8, 4) is 11.1 Å². The molecule has 2 fully saturated rings. The topological polar surface area (TPSA) is 88.2 Å². The normalized spacial score (nSPS) is 16.7. The molecule has 11 heteroatoms. The van der Waals surface area contributed by atoms with Gasteiger partial charge in [-0.1, -0.05) is 78.9 Å². The largest absolute Gasteiger partial charge is 0.448 e. The zero-order valence-corrected chi connectivity index (χ0v) is 33.9. The first-order valence-corrected chi connectivity index (χ1v) is 20.5. The van der Waals surface area contributed by atoms with Crippen LogP contribution in [0.3, 0.4) is 0 Å². The molecule has 5 aromatic rings. The molecular formula is C49H48F3N3O5. The van der Waals surface area contributed by atoms with Crippen LogP contribution in [-0.2, 0) is 20.7 Å². The maximum absolute atomic E-state index is 15.9. The predicted octanol–water partition coefficient (Wildman–Crippen LogP) is 10.6. The molecule has 8 nitrogen and oxygen atoms in total. The molecule has 1 saturated heterocycles. The highest BCUT2D eigenvalue weighted by Gasteiger charge is 2.58. The Hall–Kier alpha value is -6.10. The Morgan fingerprint density at radius 3 is 1.92 bits per heavy atom. The number of benzene rings is 5. The molecule has 1 aliphatic heterocycles. The fourth-order valence-corrected chi connectivity index (χ4v) is 8.90. The highest BCUT2D eigenvalue weighted by molar-refractivity contribution is 5.92. The number of amides is 3. The van der Waals surface area contributed by atoms with Gasteiger partial charge in [-0.15, -0.1) is 0 Å². The molecule has 1 saturated carbocycles. The lowest BCUT2D eigenvalue weighted by molar-refractivity contribution is -0.116. The molecule has 5 aromatic carbocycles. The lowest BCUT2D eigenvalue weighted by Gasteiger charge is -2.47. The third kappa shape index (κ3) is 8.62. The third-order valence-electron chi connectivity index (χ3n) is 11.9. The zero-order chi connectivity index (χ0) is 42.2. The second kappa shape index (κ2) is 16.5. The highest BCUT2D eigenvalue weighted by Crippen LogP contribution is 2.49. The van der Waals surface area contributed by atoms with E-state index in [1.165, 1.54) is 36.4 Å². The van der Waals surface area contributed by atoms with Crippen molar-refractivity contribution in [2.24, 2.45) is 0 Å². The first kappa shape index (κ1) is 40.7. The van der Waals surface area contributed by atoms with Gasteiger partial charge < -0.3 is 19.7 Å². The van der Waals surface area contributed by atoms with Crippen molar-refractivity contribution in [2.75, 3.05) is 25.0 Å². The van der Waals surface area contributed by atoms with E-state index < -0.39 is 58.6 Å². The van der Waals surface area contributed by atoms with Crippen LogP contribution >= 0.6 is 0 Å².